The summed E-state index contributed by atoms with van der Waals surface area (Å²) in [5, 5.41) is 0. The minimum atomic E-state index is -0.806. The molecule has 4 bridgehead atoms. The number of carbonyl (C=O) groups excluding carboxylic acids is 3. The molecule has 6 heteroatoms. The summed E-state index contributed by atoms with van der Waals surface area (Å²) in [5.41, 5.74) is -1.36. The molecule has 0 N–H and O–H groups in total. The number of allylic oxidation sites excluding steroid dienone is 2. The zero-order chi connectivity index (χ0) is 24.8. The second-order valence-electron chi connectivity index (χ2n) is 14.1. The van der Waals surface area contributed by atoms with Gasteiger partial charge in [0, 0.05) is 36.6 Å². The molecule has 7 aliphatic rings. The molecule has 3 aliphatic carbocycles. The molecule has 1 spiro atoms. The van der Waals surface area contributed by atoms with Gasteiger partial charge in [-0.1, -0.05) is 33.3 Å². The smallest absolute Gasteiger partial charge is 0.308 e. The minimum absolute atomic E-state index is 0.0972. The van der Waals surface area contributed by atoms with Gasteiger partial charge in [0.05, 0.1) is 12.5 Å². The standard InChI is InChI=1S/C29H39NO5/c1-16-9-20-19(21(31)10-16)11-22(32)24-25(20,3)15-29-27(5,26(24,4)13-23(33)35-29)6-7-28-12-17(2)8-18(34-28)14-30(28)29/h10,17-20,24H,6-9,11-15H2,1-5H3/t17-,18-,19-,20+,24-,25-,26+,27-,28-,29+/m0/s1. The van der Waals surface area contributed by atoms with Crippen LogP contribution in [-0.4, -0.2) is 46.5 Å². The summed E-state index contributed by atoms with van der Waals surface area (Å²) in [4.78, 5) is 43.1. The predicted octanol–water partition coefficient (Wildman–Crippen LogP) is 4.41. The number of piperidine rings is 1. The lowest BCUT2D eigenvalue weighted by molar-refractivity contribution is -0.379. The summed E-state index contributed by atoms with van der Waals surface area (Å²) in [6.45, 7) is 11.9. The van der Waals surface area contributed by atoms with E-state index in [1.807, 2.05) is 6.92 Å². The van der Waals surface area contributed by atoms with Gasteiger partial charge in [-0.2, -0.15) is 0 Å². The van der Waals surface area contributed by atoms with E-state index in [9.17, 15) is 14.4 Å². The van der Waals surface area contributed by atoms with E-state index in [1.54, 1.807) is 6.08 Å². The fourth-order valence-corrected chi connectivity index (χ4v) is 11.0. The highest BCUT2D eigenvalue weighted by Gasteiger charge is 2.82. The van der Waals surface area contributed by atoms with E-state index in [4.69, 9.17) is 9.47 Å². The first-order valence-electron chi connectivity index (χ1n) is 13.8. The fourth-order valence-electron chi connectivity index (χ4n) is 11.0. The van der Waals surface area contributed by atoms with Gasteiger partial charge in [-0.25, -0.2) is 4.90 Å². The average Bonchev–Trinajstić information content (AvgIpc) is 3.01. The number of rotatable bonds is 0. The summed E-state index contributed by atoms with van der Waals surface area (Å²) in [6, 6.07) is 0. The number of hydrogen-bond acceptors (Lipinski definition) is 6. The van der Waals surface area contributed by atoms with Crippen molar-refractivity contribution in [2.45, 2.75) is 104 Å². The molecular weight excluding hydrogens is 442 g/mol. The second kappa shape index (κ2) is 6.48. The Labute approximate surface area is 208 Å². The summed E-state index contributed by atoms with van der Waals surface area (Å²) < 4.78 is 13.4. The van der Waals surface area contributed by atoms with Crippen LogP contribution < -0.4 is 0 Å². The van der Waals surface area contributed by atoms with E-state index < -0.39 is 16.6 Å². The number of esters is 1. The van der Waals surface area contributed by atoms with E-state index >= 15 is 0 Å². The molecule has 2 saturated carbocycles. The molecule has 190 valence electrons. The molecule has 6 nitrogen and oxygen atoms in total. The topological polar surface area (TPSA) is 72.9 Å². The van der Waals surface area contributed by atoms with Crippen molar-refractivity contribution < 1.29 is 23.9 Å². The van der Waals surface area contributed by atoms with Crippen LogP contribution in [0, 0.1) is 39.9 Å². The highest BCUT2D eigenvalue weighted by molar-refractivity contribution is 5.99. The molecular formula is C29H39NO5. The van der Waals surface area contributed by atoms with Crippen LogP contribution in [0.15, 0.2) is 11.6 Å². The summed E-state index contributed by atoms with van der Waals surface area (Å²) in [6.07, 6.45) is 7.78. The van der Waals surface area contributed by atoms with Gasteiger partial charge in [0.25, 0.3) is 0 Å². The highest BCUT2D eigenvalue weighted by atomic mass is 16.6. The maximum absolute atomic E-state index is 14.0. The molecule has 7 rings (SSSR count). The van der Waals surface area contributed by atoms with Crippen LogP contribution in [0.3, 0.4) is 0 Å². The third-order valence-electron chi connectivity index (χ3n) is 12.3. The van der Waals surface area contributed by atoms with Crippen LogP contribution in [0.4, 0.5) is 0 Å². The van der Waals surface area contributed by atoms with Crippen molar-refractivity contribution in [2.24, 2.45) is 39.9 Å². The first-order valence-corrected chi connectivity index (χ1v) is 13.8. The average molecular weight is 482 g/mol. The van der Waals surface area contributed by atoms with Crippen LogP contribution in [0.1, 0.15) is 86.0 Å². The molecule has 4 saturated heterocycles. The Bertz CT molecular complexity index is 1100. The maximum Gasteiger partial charge on any atom is 0.308 e. The molecule has 0 radical (unpaired) electrons. The molecule has 0 amide bonds. The van der Waals surface area contributed by atoms with Crippen molar-refractivity contribution in [1.82, 2.24) is 4.90 Å². The van der Waals surface area contributed by atoms with Gasteiger partial charge in [-0.3, -0.25) is 14.4 Å². The predicted molar refractivity (Wildman–Crippen MR) is 128 cm³/mol. The molecule has 0 aromatic rings. The summed E-state index contributed by atoms with van der Waals surface area (Å²) in [7, 11) is 0. The maximum atomic E-state index is 14.0. The minimum Gasteiger partial charge on any atom is -0.443 e. The lowest BCUT2D eigenvalue weighted by Crippen LogP contribution is -2.82. The van der Waals surface area contributed by atoms with E-state index in [1.165, 1.54) is 0 Å². The fraction of sp³-hybridized carbons (Fsp3) is 0.828. The Kier molecular flexibility index (Phi) is 4.19. The number of fused-ring (bicyclic) bond motifs is 5. The second-order valence-corrected chi connectivity index (χ2v) is 14.1. The van der Waals surface area contributed by atoms with Crippen LogP contribution >= 0.6 is 0 Å². The van der Waals surface area contributed by atoms with Crippen molar-refractivity contribution in [3.8, 4) is 0 Å². The number of Topliss-reactive ketones (excluding diaryl/α,β-unsaturated/α-hetero) is 1. The van der Waals surface area contributed by atoms with Gasteiger partial charge in [0.1, 0.15) is 11.5 Å². The quantitative estimate of drug-likeness (QED) is 0.477. The Balaban J connectivity index is 1.44. The SMILES string of the molecule is CC1=CC(=O)[C@H]2CC(=O)[C@H]3[C@@](C)(C[C@@]45OC(=O)C[C@@]3(C)[C@]4(C)CC[C@]34C[C@@H](C)C[C@@H](CN35)O4)[C@@H]2C1. The molecule has 0 unspecified atom stereocenters. The van der Waals surface area contributed by atoms with Gasteiger partial charge in [-0.05, 0) is 67.8 Å². The normalized spacial score (nSPS) is 56.9. The van der Waals surface area contributed by atoms with Crippen LogP contribution in [0.2, 0.25) is 0 Å². The van der Waals surface area contributed by atoms with Crippen molar-refractivity contribution in [3.05, 3.63) is 11.6 Å². The van der Waals surface area contributed by atoms with Crippen molar-refractivity contribution in [3.63, 3.8) is 0 Å². The van der Waals surface area contributed by atoms with E-state index in [0.717, 1.165) is 44.2 Å². The van der Waals surface area contributed by atoms with Gasteiger partial charge >= 0.3 is 5.97 Å². The number of ether oxygens (including phenoxy) is 2. The monoisotopic (exact) mass is 481 g/mol. The number of nitrogens with zero attached hydrogens (tertiary/aromatic N) is 1. The van der Waals surface area contributed by atoms with Gasteiger partial charge in [-0.15, -0.1) is 0 Å². The zero-order valence-corrected chi connectivity index (χ0v) is 21.8. The summed E-state index contributed by atoms with van der Waals surface area (Å²) in [5.74, 6) is 0.300. The third-order valence-corrected chi connectivity index (χ3v) is 12.3. The first-order chi connectivity index (χ1) is 16.4. The molecule has 4 aliphatic heterocycles. The first kappa shape index (κ1) is 22.7. The largest absolute Gasteiger partial charge is 0.443 e. The molecule has 0 aromatic heterocycles. The van der Waals surface area contributed by atoms with Gasteiger partial charge in [0.2, 0.25) is 0 Å². The molecule has 0 aromatic carbocycles. The zero-order valence-electron chi connectivity index (χ0n) is 21.8. The van der Waals surface area contributed by atoms with Crippen molar-refractivity contribution >= 4 is 17.5 Å². The lowest BCUT2D eigenvalue weighted by Gasteiger charge is -2.76. The van der Waals surface area contributed by atoms with Gasteiger partial charge in [0.15, 0.2) is 11.5 Å². The van der Waals surface area contributed by atoms with Crippen LogP contribution in [0.5, 0.6) is 0 Å². The molecule has 6 fully saturated rings. The third kappa shape index (κ3) is 2.43. The number of hydrogen-bond donors (Lipinski definition) is 0. The Hall–Kier alpha value is -1.53. The Morgan fingerprint density at radius 1 is 1.09 bits per heavy atom. The lowest BCUT2D eigenvalue weighted by atomic mass is 9.34. The van der Waals surface area contributed by atoms with E-state index in [0.29, 0.717) is 18.8 Å². The number of ketones is 2. The van der Waals surface area contributed by atoms with E-state index in [2.05, 4.69) is 32.6 Å². The summed E-state index contributed by atoms with van der Waals surface area (Å²) >= 11 is 0. The number of carbonyl (C=O) groups is 3. The van der Waals surface area contributed by atoms with Gasteiger partial charge < -0.3 is 9.47 Å². The highest BCUT2D eigenvalue weighted by Crippen LogP contribution is 2.77. The molecule has 4 heterocycles. The molecule has 10 atom stereocenters. The van der Waals surface area contributed by atoms with E-state index in [-0.39, 0.29) is 59.0 Å². The van der Waals surface area contributed by atoms with Crippen molar-refractivity contribution in [1.29, 1.82) is 0 Å². The van der Waals surface area contributed by atoms with Crippen molar-refractivity contribution in [2.75, 3.05) is 6.54 Å². The van der Waals surface area contributed by atoms with Crippen LogP contribution in [-0.2, 0) is 23.9 Å². The molecule has 35 heavy (non-hydrogen) atoms. The Morgan fingerprint density at radius 2 is 1.86 bits per heavy atom. The van der Waals surface area contributed by atoms with Crippen LogP contribution in [0.25, 0.3) is 0 Å². The Morgan fingerprint density at radius 3 is 2.63 bits per heavy atom.